The Bertz CT molecular complexity index is 393. The van der Waals surface area contributed by atoms with Gasteiger partial charge in [0.2, 0.25) is 5.91 Å². The minimum Gasteiger partial charge on any atom is -0.383 e. The van der Waals surface area contributed by atoms with E-state index in [0.29, 0.717) is 19.1 Å². The van der Waals surface area contributed by atoms with Crippen molar-refractivity contribution in [3.05, 3.63) is 35.9 Å². The molecule has 21 heavy (non-hydrogen) atoms. The fraction of sp³-hybridized carbons (Fsp3) is 0.588. The van der Waals surface area contributed by atoms with Crippen LogP contribution in [0.15, 0.2) is 30.3 Å². The Labute approximate surface area is 128 Å². The van der Waals surface area contributed by atoms with Gasteiger partial charge in [0.05, 0.1) is 6.61 Å². The van der Waals surface area contributed by atoms with Gasteiger partial charge in [0, 0.05) is 32.7 Å². The topological polar surface area (TPSA) is 50.4 Å². The second kappa shape index (κ2) is 10.4. The van der Waals surface area contributed by atoms with Crippen molar-refractivity contribution >= 4 is 5.91 Å². The van der Waals surface area contributed by atoms with Crippen molar-refractivity contribution in [3.8, 4) is 0 Å². The molecular formula is C17H28N2O2. The van der Waals surface area contributed by atoms with Gasteiger partial charge in [-0.15, -0.1) is 0 Å². The van der Waals surface area contributed by atoms with Crippen LogP contribution in [0.1, 0.15) is 19.4 Å². The summed E-state index contributed by atoms with van der Waals surface area (Å²) in [5.74, 6) is 0.487. The second-order valence-electron chi connectivity index (χ2n) is 5.57. The lowest BCUT2D eigenvalue weighted by Gasteiger charge is -2.20. The van der Waals surface area contributed by atoms with Crippen molar-refractivity contribution in [2.24, 2.45) is 11.8 Å². The molecule has 0 heterocycles. The third-order valence-electron chi connectivity index (χ3n) is 3.52. The molecule has 1 unspecified atom stereocenters. The van der Waals surface area contributed by atoms with Gasteiger partial charge in [-0.1, -0.05) is 44.2 Å². The number of methoxy groups -OCH3 is 1. The van der Waals surface area contributed by atoms with E-state index >= 15 is 0 Å². The Kier molecular flexibility index (Phi) is 8.71. The van der Waals surface area contributed by atoms with Gasteiger partial charge in [-0.2, -0.15) is 0 Å². The Hall–Kier alpha value is -1.39. The van der Waals surface area contributed by atoms with Crippen molar-refractivity contribution in [1.29, 1.82) is 0 Å². The largest absolute Gasteiger partial charge is 0.383 e. The van der Waals surface area contributed by atoms with Crippen LogP contribution in [-0.2, 0) is 16.0 Å². The van der Waals surface area contributed by atoms with Crippen LogP contribution in [0.25, 0.3) is 0 Å². The summed E-state index contributed by atoms with van der Waals surface area (Å²) in [7, 11) is 1.68. The lowest BCUT2D eigenvalue weighted by Crippen LogP contribution is -2.39. The quantitative estimate of drug-likeness (QED) is 0.647. The molecule has 1 aromatic carbocycles. The molecule has 1 rings (SSSR count). The highest BCUT2D eigenvalue weighted by atomic mass is 16.5. The smallest absolute Gasteiger partial charge is 0.223 e. The van der Waals surface area contributed by atoms with E-state index in [1.54, 1.807) is 7.11 Å². The third kappa shape index (κ3) is 7.25. The van der Waals surface area contributed by atoms with Crippen molar-refractivity contribution in [3.63, 3.8) is 0 Å². The Morgan fingerprint density at radius 1 is 1.14 bits per heavy atom. The first kappa shape index (κ1) is 17.7. The molecule has 0 bridgehead atoms. The number of nitrogens with one attached hydrogen (secondary N) is 2. The molecule has 2 N–H and O–H groups in total. The summed E-state index contributed by atoms with van der Waals surface area (Å²) < 4.78 is 4.96. The van der Waals surface area contributed by atoms with Gasteiger partial charge in [0.15, 0.2) is 0 Å². The molecular weight excluding hydrogens is 264 g/mol. The molecule has 4 heteroatoms. The van der Waals surface area contributed by atoms with Crippen LogP contribution in [0.2, 0.25) is 0 Å². The van der Waals surface area contributed by atoms with Crippen LogP contribution in [-0.4, -0.2) is 39.3 Å². The maximum Gasteiger partial charge on any atom is 0.223 e. The van der Waals surface area contributed by atoms with Crippen molar-refractivity contribution in [1.82, 2.24) is 10.6 Å². The molecule has 0 radical (unpaired) electrons. The SMILES string of the molecule is COCCNCCNC(=O)C(Cc1ccccc1)C(C)C. The van der Waals surface area contributed by atoms with Gasteiger partial charge >= 0.3 is 0 Å². The zero-order chi connectivity index (χ0) is 15.5. The van der Waals surface area contributed by atoms with Gasteiger partial charge in [0.1, 0.15) is 0 Å². The van der Waals surface area contributed by atoms with E-state index in [4.69, 9.17) is 4.74 Å². The molecule has 0 spiro atoms. The van der Waals surface area contributed by atoms with Crippen LogP contribution >= 0.6 is 0 Å². The zero-order valence-electron chi connectivity index (χ0n) is 13.4. The summed E-state index contributed by atoms with van der Waals surface area (Å²) in [6.07, 6.45) is 0.793. The molecule has 0 saturated carbocycles. The predicted octanol–water partition coefficient (Wildman–Crippen LogP) is 1.85. The van der Waals surface area contributed by atoms with E-state index in [9.17, 15) is 4.79 Å². The highest BCUT2D eigenvalue weighted by Crippen LogP contribution is 2.17. The normalized spacial score (nSPS) is 12.4. The maximum atomic E-state index is 12.3. The lowest BCUT2D eigenvalue weighted by molar-refractivity contribution is -0.126. The summed E-state index contributed by atoms with van der Waals surface area (Å²) in [6.45, 7) is 7.13. The minimum absolute atomic E-state index is 0.0198. The number of benzene rings is 1. The van der Waals surface area contributed by atoms with Crippen molar-refractivity contribution < 1.29 is 9.53 Å². The molecule has 1 amide bonds. The van der Waals surface area contributed by atoms with Crippen LogP contribution in [0.5, 0.6) is 0 Å². The summed E-state index contributed by atoms with van der Waals surface area (Å²) >= 11 is 0. The fourth-order valence-corrected chi connectivity index (χ4v) is 2.20. The van der Waals surface area contributed by atoms with E-state index in [-0.39, 0.29) is 11.8 Å². The molecule has 0 aliphatic carbocycles. The number of ether oxygens (including phenoxy) is 1. The minimum atomic E-state index is 0.0198. The maximum absolute atomic E-state index is 12.3. The molecule has 118 valence electrons. The second-order valence-corrected chi connectivity index (χ2v) is 5.57. The van der Waals surface area contributed by atoms with Crippen LogP contribution in [0.3, 0.4) is 0 Å². The van der Waals surface area contributed by atoms with Gasteiger partial charge in [-0.05, 0) is 17.9 Å². The number of carbonyl (C=O) groups is 1. The van der Waals surface area contributed by atoms with E-state index in [0.717, 1.165) is 19.5 Å². The molecule has 1 atom stereocenters. The highest BCUT2D eigenvalue weighted by molar-refractivity contribution is 5.79. The van der Waals surface area contributed by atoms with Gasteiger partial charge < -0.3 is 15.4 Å². The number of carbonyl (C=O) groups excluding carboxylic acids is 1. The summed E-state index contributed by atoms with van der Waals surface area (Å²) in [6, 6.07) is 10.2. The monoisotopic (exact) mass is 292 g/mol. The van der Waals surface area contributed by atoms with Crippen molar-refractivity contribution in [2.75, 3.05) is 33.4 Å². The molecule has 0 fully saturated rings. The van der Waals surface area contributed by atoms with E-state index in [1.807, 2.05) is 18.2 Å². The first-order valence-electron chi connectivity index (χ1n) is 7.66. The summed E-state index contributed by atoms with van der Waals surface area (Å²) in [5, 5.41) is 6.24. The number of rotatable bonds is 10. The van der Waals surface area contributed by atoms with Crippen molar-refractivity contribution in [2.45, 2.75) is 20.3 Å². The molecule has 4 nitrogen and oxygen atoms in total. The van der Waals surface area contributed by atoms with Gasteiger partial charge in [0.25, 0.3) is 0 Å². The predicted molar refractivity (Wildman–Crippen MR) is 86.2 cm³/mol. The first-order chi connectivity index (χ1) is 10.1. The molecule has 0 aliphatic rings. The Balaban J connectivity index is 2.36. The molecule has 0 saturated heterocycles. The van der Waals surface area contributed by atoms with Crippen LogP contribution in [0.4, 0.5) is 0 Å². The number of hydrogen-bond acceptors (Lipinski definition) is 3. The van der Waals surface area contributed by atoms with E-state index in [1.165, 1.54) is 5.56 Å². The average molecular weight is 292 g/mol. The highest BCUT2D eigenvalue weighted by Gasteiger charge is 2.21. The standard InChI is InChI=1S/C17H28N2O2/c1-14(2)16(13-15-7-5-4-6-8-15)17(20)19-10-9-18-11-12-21-3/h4-8,14,16,18H,9-13H2,1-3H3,(H,19,20). The van der Waals surface area contributed by atoms with Gasteiger partial charge in [-0.25, -0.2) is 0 Å². The number of hydrogen-bond donors (Lipinski definition) is 2. The molecule has 0 aliphatic heterocycles. The van der Waals surface area contributed by atoms with E-state index in [2.05, 4.69) is 36.6 Å². The van der Waals surface area contributed by atoms with Crippen LogP contribution in [0, 0.1) is 11.8 Å². The summed E-state index contributed by atoms with van der Waals surface area (Å²) in [5.41, 5.74) is 1.21. The summed E-state index contributed by atoms with van der Waals surface area (Å²) in [4.78, 5) is 12.3. The average Bonchev–Trinajstić information content (AvgIpc) is 2.49. The van der Waals surface area contributed by atoms with Crippen LogP contribution < -0.4 is 10.6 Å². The lowest BCUT2D eigenvalue weighted by atomic mass is 9.88. The first-order valence-corrected chi connectivity index (χ1v) is 7.66. The zero-order valence-corrected chi connectivity index (χ0v) is 13.4. The van der Waals surface area contributed by atoms with Gasteiger partial charge in [-0.3, -0.25) is 4.79 Å². The Morgan fingerprint density at radius 2 is 1.86 bits per heavy atom. The fourth-order valence-electron chi connectivity index (χ4n) is 2.20. The molecule has 1 aromatic rings. The molecule has 0 aromatic heterocycles. The number of amides is 1. The van der Waals surface area contributed by atoms with E-state index < -0.39 is 0 Å². The Morgan fingerprint density at radius 3 is 2.48 bits per heavy atom. The third-order valence-corrected chi connectivity index (χ3v) is 3.52.